The van der Waals surface area contributed by atoms with Gasteiger partial charge in [0.05, 0.1) is 13.2 Å². The normalized spacial score (nSPS) is 10.3. The van der Waals surface area contributed by atoms with Gasteiger partial charge in [-0.05, 0) is 61.2 Å². The van der Waals surface area contributed by atoms with Gasteiger partial charge in [0.15, 0.2) is 0 Å². The molecule has 0 unspecified atom stereocenters. The highest BCUT2D eigenvalue weighted by atomic mass is 16.5. The number of rotatable bonds is 12. The summed E-state index contributed by atoms with van der Waals surface area (Å²) < 4.78 is 5.84. The third-order valence-electron chi connectivity index (χ3n) is 4.94. The number of hydrogen-bond acceptors (Lipinski definition) is 4. The molecule has 0 spiro atoms. The molecule has 0 heterocycles. The maximum Gasteiger partial charge on any atom is 0.243 e. The van der Waals surface area contributed by atoms with Gasteiger partial charge in [0.2, 0.25) is 11.8 Å². The first-order chi connectivity index (χ1) is 16.1. The largest absolute Gasteiger partial charge is 0.494 e. The fraction of sp³-hybridized carbons (Fsp3) is 0.259. The highest BCUT2D eigenvalue weighted by Gasteiger charge is 2.05. The molecule has 0 aromatic heterocycles. The molecule has 3 rings (SSSR count). The molecule has 172 valence electrons. The Hall–Kier alpha value is -3.80. The molecule has 6 heteroatoms. The van der Waals surface area contributed by atoms with Gasteiger partial charge in [0.1, 0.15) is 5.75 Å². The van der Waals surface area contributed by atoms with Crippen LogP contribution >= 0.6 is 0 Å². The van der Waals surface area contributed by atoms with Gasteiger partial charge in [-0.15, -0.1) is 0 Å². The van der Waals surface area contributed by atoms with Gasteiger partial charge in [-0.1, -0.05) is 43.3 Å². The maximum absolute atomic E-state index is 12.3. The molecule has 3 aromatic carbocycles. The van der Waals surface area contributed by atoms with Crippen LogP contribution in [0.15, 0.2) is 78.9 Å². The zero-order valence-corrected chi connectivity index (χ0v) is 19.0. The second-order valence-electron chi connectivity index (χ2n) is 7.74. The molecule has 0 atom stereocenters. The Morgan fingerprint density at radius 1 is 0.788 bits per heavy atom. The van der Waals surface area contributed by atoms with E-state index in [4.69, 9.17) is 4.74 Å². The summed E-state index contributed by atoms with van der Waals surface area (Å²) in [7, 11) is 0. The molecule has 0 fully saturated rings. The number of carbonyl (C=O) groups is 2. The molecule has 33 heavy (non-hydrogen) atoms. The van der Waals surface area contributed by atoms with Gasteiger partial charge < -0.3 is 20.7 Å². The van der Waals surface area contributed by atoms with Crippen LogP contribution in [0.3, 0.4) is 0 Å². The Morgan fingerprint density at radius 3 is 2.27 bits per heavy atom. The number of nitrogens with one attached hydrogen (secondary N) is 3. The topological polar surface area (TPSA) is 79.5 Å². The van der Waals surface area contributed by atoms with E-state index in [1.807, 2.05) is 73.7 Å². The van der Waals surface area contributed by atoms with E-state index in [0.29, 0.717) is 18.7 Å². The van der Waals surface area contributed by atoms with E-state index in [1.54, 1.807) is 0 Å². The second-order valence-corrected chi connectivity index (χ2v) is 7.74. The van der Waals surface area contributed by atoms with Crippen molar-refractivity contribution in [2.45, 2.75) is 32.6 Å². The lowest BCUT2D eigenvalue weighted by molar-refractivity contribution is -0.116. The summed E-state index contributed by atoms with van der Waals surface area (Å²) in [6, 6.07) is 25.0. The van der Waals surface area contributed by atoms with Crippen LogP contribution in [0.4, 0.5) is 17.1 Å². The van der Waals surface area contributed by atoms with Gasteiger partial charge in [-0.2, -0.15) is 0 Å². The standard InChI is InChI=1S/C27H31N3O3/c1-2-8-26(31)29-23-16-14-22(15-17-23)28-20-27(32)30-24-12-6-13-25(19-24)33-18-7-11-21-9-4-3-5-10-21/h3-6,9-10,12-17,19,28H,2,7-8,11,18,20H2,1H3,(H,29,31)(H,30,32). The molecule has 0 radical (unpaired) electrons. The molecule has 2 amide bonds. The number of anilines is 3. The predicted molar refractivity (Wildman–Crippen MR) is 134 cm³/mol. The zero-order chi connectivity index (χ0) is 23.3. The van der Waals surface area contributed by atoms with Gasteiger partial charge >= 0.3 is 0 Å². The monoisotopic (exact) mass is 445 g/mol. The van der Waals surface area contributed by atoms with Crippen molar-refractivity contribution in [2.24, 2.45) is 0 Å². The van der Waals surface area contributed by atoms with E-state index >= 15 is 0 Å². The number of carbonyl (C=O) groups excluding carboxylic acids is 2. The summed E-state index contributed by atoms with van der Waals surface area (Å²) in [5, 5.41) is 8.81. The lowest BCUT2D eigenvalue weighted by Gasteiger charge is -2.11. The van der Waals surface area contributed by atoms with Crippen molar-refractivity contribution in [1.82, 2.24) is 0 Å². The summed E-state index contributed by atoms with van der Waals surface area (Å²) in [4.78, 5) is 24.0. The third kappa shape index (κ3) is 8.69. The van der Waals surface area contributed by atoms with Crippen molar-refractivity contribution >= 4 is 28.9 Å². The molecule has 0 aliphatic heterocycles. The zero-order valence-electron chi connectivity index (χ0n) is 19.0. The SMILES string of the molecule is CCCC(=O)Nc1ccc(NCC(=O)Nc2cccc(OCCCc3ccccc3)c2)cc1. The second kappa shape index (κ2) is 12.9. The van der Waals surface area contributed by atoms with Gasteiger partial charge in [-0.25, -0.2) is 0 Å². The van der Waals surface area contributed by atoms with Crippen LogP contribution in [0, 0.1) is 0 Å². The fourth-order valence-corrected chi connectivity index (χ4v) is 3.28. The highest BCUT2D eigenvalue weighted by Crippen LogP contribution is 2.18. The Labute approximate surface area is 195 Å². The number of ether oxygens (including phenoxy) is 1. The van der Waals surface area contributed by atoms with Gasteiger partial charge in [0, 0.05) is 29.5 Å². The molecule has 0 aliphatic rings. The minimum atomic E-state index is -0.156. The lowest BCUT2D eigenvalue weighted by atomic mass is 10.1. The Morgan fingerprint density at radius 2 is 1.52 bits per heavy atom. The molecule has 6 nitrogen and oxygen atoms in total. The van der Waals surface area contributed by atoms with Crippen molar-refractivity contribution in [1.29, 1.82) is 0 Å². The van der Waals surface area contributed by atoms with Crippen LogP contribution < -0.4 is 20.7 Å². The van der Waals surface area contributed by atoms with Crippen LogP contribution in [0.1, 0.15) is 31.7 Å². The first kappa shape index (κ1) is 23.9. The van der Waals surface area contributed by atoms with Crippen LogP contribution in [0.2, 0.25) is 0 Å². The molecule has 3 aromatic rings. The minimum absolute atomic E-state index is 0.00000799. The average Bonchev–Trinajstić information content (AvgIpc) is 2.82. The van der Waals surface area contributed by atoms with Gasteiger partial charge in [-0.3, -0.25) is 9.59 Å². The minimum Gasteiger partial charge on any atom is -0.494 e. The fourth-order valence-electron chi connectivity index (χ4n) is 3.28. The van der Waals surface area contributed by atoms with Crippen molar-refractivity contribution in [3.63, 3.8) is 0 Å². The van der Waals surface area contributed by atoms with E-state index in [1.165, 1.54) is 5.56 Å². The first-order valence-corrected chi connectivity index (χ1v) is 11.3. The van der Waals surface area contributed by atoms with Crippen LogP contribution in [0.25, 0.3) is 0 Å². The highest BCUT2D eigenvalue weighted by molar-refractivity contribution is 5.94. The van der Waals surface area contributed by atoms with Crippen LogP contribution in [0.5, 0.6) is 5.75 Å². The molecule has 0 saturated heterocycles. The van der Waals surface area contributed by atoms with Crippen LogP contribution in [-0.4, -0.2) is 25.0 Å². The van der Waals surface area contributed by atoms with Gasteiger partial charge in [0.25, 0.3) is 0 Å². The Kier molecular flexibility index (Phi) is 9.33. The first-order valence-electron chi connectivity index (χ1n) is 11.3. The van der Waals surface area contributed by atoms with E-state index < -0.39 is 0 Å². The summed E-state index contributed by atoms with van der Waals surface area (Å²) in [6.45, 7) is 2.71. The smallest absolute Gasteiger partial charge is 0.243 e. The van der Waals surface area contributed by atoms with Crippen molar-refractivity contribution < 1.29 is 14.3 Å². The quantitative estimate of drug-likeness (QED) is 0.322. The Balaban J connectivity index is 1.39. The molecule has 0 aliphatic carbocycles. The maximum atomic E-state index is 12.3. The lowest BCUT2D eigenvalue weighted by Crippen LogP contribution is -2.21. The summed E-state index contributed by atoms with van der Waals surface area (Å²) in [5.74, 6) is 0.575. The summed E-state index contributed by atoms with van der Waals surface area (Å²) in [6.07, 6.45) is 3.20. The van der Waals surface area contributed by atoms with Crippen molar-refractivity contribution in [3.05, 3.63) is 84.4 Å². The predicted octanol–water partition coefficient (Wildman–Crippen LogP) is 5.49. The van der Waals surface area contributed by atoms with E-state index in [-0.39, 0.29) is 18.4 Å². The number of hydrogen-bond donors (Lipinski definition) is 3. The van der Waals surface area contributed by atoms with E-state index in [9.17, 15) is 9.59 Å². The van der Waals surface area contributed by atoms with Crippen molar-refractivity contribution in [2.75, 3.05) is 29.1 Å². The molecule has 0 saturated carbocycles. The van der Waals surface area contributed by atoms with Crippen LogP contribution in [-0.2, 0) is 16.0 Å². The number of amides is 2. The summed E-state index contributed by atoms with van der Waals surface area (Å²) >= 11 is 0. The van der Waals surface area contributed by atoms with E-state index in [0.717, 1.165) is 36.4 Å². The molecule has 0 bridgehead atoms. The average molecular weight is 446 g/mol. The third-order valence-corrected chi connectivity index (χ3v) is 4.94. The molecular formula is C27H31N3O3. The Bertz CT molecular complexity index is 1020. The molecular weight excluding hydrogens is 414 g/mol. The summed E-state index contributed by atoms with van der Waals surface area (Å²) in [5.41, 5.74) is 3.53. The number of benzene rings is 3. The number of aryl methyl sites for hydroxylation is 1. The van der Waals surface area contributed by atoms with E-state index in [2.05, 4.69) is 28.1 Å². The molecule has 3 N–H and O–H groups in total. The van der Waals surface area contributed by atoms with Crippen molar-refractivity contribution in [3.8, 4) is 5.75 Å².